The topological polar surface area (TPSA) is 69.0 Å². The van der Waals surface area contributed by atoms with Crippen LogP contribution in [0, 0.1) is 0 Å². The molecule has 166 valence electrons. The van der Waals surface area contributed by atoms with E-state index in [0.717, 1.165) is 66.2 Å². The van der Waals surface area contributed by atoms with Crippen molar-refractivity contribution in [2.24, 2.45) is 0 Å². The number of likely N-dealkylation sites (N-methyl/N-ethyl adjacent to an activating group) is 1. The van der Waals surface area contributed by atoms with Gasteiger partial charge >= 0.3 is 0 Å². The van der Waals surface area contributed by atoms with Gasteiger partial charge in [0.2, 0.25) is 0 Å². The largest absolute Gasteiger partial charge is 0.376 e. The van der Waals surface area contributed by atoms with E-state index in [4.69, 9.17) is 9.97 Å². The van der Waals surface area contributed by atoms with Crippen LogP contribution in [0.5, 0.6) is 0 Å². The zero-order chi connectivity index (χ0) is 22.4. The quantitative estimate of drug-likeness (QED) is 0.538. The Hall–Kier alpha value is -3.39. The van der Waals surface area contributed by atoms with E-state index in [1.807, 2.05) is 47.7 Å². The Balaban J connectivity index is 1.86. The summed E-state index contributed by atoms with van der Waals surface area (Å²) in [6.07, 6.45) is 1.11. The van der Waals surface area contributed by atoms with Gasteiger partial charge in [0.1, 0.15) is 11.4 Å². The lowest BCUT2D eigenvalue weighted by molar-refractivity contribution is 0.0965. The van der Waals surface area contributed by atoms with E-state index in [9.17, 15) is 4.79 Å². The molecule has 32 heavy (non-hydrogen) atoms. The molecule has 1 aliphatic heterocycles. The number of fused-ring (bicyclic) bond motifs is 5. The maximum atomic E-state index is 13.0. The van der Waals surface area contributed by atoms with Crippen LogP contribution >= 0.6 is 0 Å². The van der Waals surface area contributed by atoms with Gasteiger partial charge in [0.05, 0.1) is 16.7 Å². The first-order valence-electron chi connectivity index (χ1n) is 11.1. The van der Waals surface area contributed by atoms with Gasteiger partial charge in [-0.25, -0.2) is 9.97 Å². The van der Waals surface area contributed by atoms with E-state index in [2.05, 4.69) is 34.3 Å². The molecule has 0 spiro atoms. The van der Waals surface area contributed by atoms with Crippen LogP contribution in [0.15, 0.2) is 36.4 Å². The van der Waals surface area contributed by atoms with E-state index in [0.29, 0.717) is 11.2 Å². The summed E-state index contributed by atoms with van der Waals surface area (Å²) in [6, 6.07) is 12.2. The van der Waals surface area contributed by atoms with Gasteiger partial charge in [0.15, 0.2) is 11.3 Å². The number of para-hydroxylation sites is 2. The van der Waals surface area contributed by atoms with Gasteiger partial charge < -0.3 is 20.0 Å². The van der Waals surface area contributed by atoms with Gasteiger partial charge in [0.25, 0.3) is 5.91 Å². The molecule has 0 aliphatic carbocycles. The van der Waals surface area contributed by atoms with Crippen LogP contribution in [0.25, 0.3) is 27.7 Å². The van der Waals surface area contributed by atoms with Crippen molar-refractivity contribution in [3.8, 4) is 0 Å². The number of imidazole rings is 1. The highest BCUT2D eigenvalue weighted by Gasteiger charge is 2.25. The summed E-state index contributed by atoms with van der Waals surface area (Å²) < 4.78 is 2.04. The molecule has 8 nitrogen and oxygen atoms in total. The Labute approximate surface area is 187 Å². The molecule has 0 radical (unpaired) electrons. The summed E-state index contributed by atoms with van der Waals surface area (Å²) in [5.41, 5.74) is 4.63. The number of benzene rings is 1. The van der Waals surface area contributed by atoms with Crippen LogP contribution in [0.3, 0.4) is 0 Å². The molecule has 4 heterocycles. The number of nitrogens with one attached hydrogen (secondary N) is 1. The molecule has 1 fully saturated rings. The molecule has 0 atom stereocenters. The van der Waals surface area contributed by atoms with Crippen molar-refractivity contribution in [3.63, 3.8) is 0 Å². The van der Waals surface area contributed by atoms with Crippen molar-refractivity contribution in [2.75, 3.05) is 64.2 Å². The average Bonchev–Trinajstić information content (AvgIpc) is 3.05. The normalized spacial score (nSPS) is 15.4. The van der Waals surface area contributed by atoms with Crippen LogP contribution in [0.4, 0.5) is 11.5 Å². The predicted molar refractivity (Wildman–Crippen MR) is 130 cm³/mol. The van der Waals surface area contributed by atoms with E-state index >= 15 is 0 Å². The highest BCUT2D eigenvalue weighted by Crippen LogP contribution is 2.35. The predicted octanol–water partition coefficient (Wildman–Crippen LogP) is 2.60. The van der Waals surface area contributed by atoms with Crippen molar-refractivity contribution in [1.29, 1.82) is 0 Å². The average molecular weight is 432 g/mol. The van der Waals surface area contributed by atoms with Gasteiger partial charge in [0, 0.05) is 46.2 Å². The zero-order valence-electron chi connectivity index (χ0n) is 19.1. The van der Waals surface area contributed by atoms with Crippen LogP contribution in [-0.2, 0) is 0 Å². The molecule has 1 N–H and O–H groups in total. The van der Waals surface area contributed by atoms with Crippen LogP contribution < -0.4 is 15.1 Å². The van der Waals surface area contributed by atoms with Gasteiger partial charge in [-0.1, -0.05) is 12.1 Å². The summed E-state index contributed by atoms with van der Waals surface area (Å²) in [6.45, 7) is 4.04. The number of pyridine rings is 2. The summed E-state index contributed by atoms with van der Waals surface area (Å²) in [4.78, 5) is 29.8. The Morgan fingerprint density at radius 3 is 2.59 bits per heavy atom. The van der Waals surface area contributed by atoms with Crippen molar-refractivity contribution < 1.29 is 4.79 Å². The number of rotatable bonds is 3. The first-order chi connectivity index (χ1) is 15.5. The fourth-order valence-corrected chi connectivity index (χ4v) is 4.69. The molecule has 1 saturated heterocycles. The minimum atomic E-state index is -0.157. The Morgan fingerprint density at radius 2 is 1.81 bits per heavy atom. The highest BCUT2D eigenvalue weighted by molar-refractivity contribution is 6.13. The van der Waals surface area contributed by atoms with E-state index in [1.54, 1.807) is 7.05 Å². The fraction of sp³-hybridized carbons (Fsp3) is 0.375. The van der Waals surface area contributed by atoms with Crippen molar-refractivity contribution >= 4 is 45.1 Å². The monoisotopic (exact) mass is 431 g/mol. The van der Waals surface area contributed by atoms with Gasteiger partial charge in [-0.2, -0.15) is 0 Å². The molecule has 1 aliphatic rings. The molecule has 1 amide bonds. The fourth-order valence-electron chi connectivity index (χ4n) is 4.69. The molecule has 5 rings (SSSR count). The van der Waals surface area contributed by atoms with E-state index in [1.165, 1.54) is 0 Å². The van der Waals surface area contributed by atoms with Crippen LogP contribution in [0.1, 0.15) is 16.8 Å². The van der Waals surface area contributed by atoms with Gasteiger partial charge in [-0.15, -0.1) is 0 Å². The van der Waals surface area contributed by atoms with Crippen molar-refractivity contribution in [1.82, 2.24) is 24.6 Å². The molecular weight excluding hydrogens is 402 g/mol. The third-order valence-corrected chi connectivity index (χ3v) is 6.29. The molecule has 8 heteroatoms. The number of carbonyl (C=O) groups is 1. The maximum absolute atomic E-state index is 13.0. The second-order valence-electron chi connectivity index (χ2n) is 8.64. The number of hydrogen-bond donors (Lipinski definition) is 1. The number of aromatic nitrogens is 3. The molecular formula is C24H29N7O. The zero-order valence-corrected chi connectivity index (χ0v) is 19.1. The van der Waals surface area contributed by atoms with Gasteiger partial charge in [-0.05, 0) is 44.3 Å². The number of amides is 1. The number of carbonyl (C=O) groups excluding carboxylic acids is 1. The third kappa shape index (κ3) is 3.22. The summed E-state index contributed by atoms with van der Waals surface area (Å²) in [7, 11) is 7.74. The minimum absolute atomic E-state index is 0.157. The highest BCUT2D eigenvalue weighted by atomic mass is 16.1. The standard InChI is InChI=1S/C24H29N7O/c1-25-24(32)20-21(28(2)3)16-10-11-19(30-13-7-12-29(4)14-15-30)27-22(16)31-18-9-6-5-8-17(18)26-23(20)31/h5-6,8-11H,7,12-15H2,1-4H3,(H,25,32). The first-order valence-corrected chi connectivity index (χ1v) is 11.1. The molecule has 1 aromatic carbocycles. The van der Waals surface area contributed by atoms with Crippen LogP contribution in [-0.4, -0.2) is 79.5 Å². The number of anilines is 2. The summed E-state index contributed by atoms with van der Waals surface area (Å²) in [5.74, 6) is 0.805. The number of hydrogen-bond acceptors (Lipinski definition) is 6. The molecule has 0 saturated carbocycles. The molecule has 4 aromatic rings. The second kappa shape index (κ2) is 7.94. The third-order valence-electron chi connectivity index (χ3n) is 6.29. The Bertz CT molecular complexity index is 1330. The first kappa shape index (κ1) is 20.5. The smallest absolute Gasteiger partial charge is 0.256 e. The molecule has 0 unspecified atom stereocenters. The van der Waals surface area contributed by atoms with Crippen LogP contribution in [0.2, 0.25) is 0 Å². The van der Waals surface area contributed by atoms with Crippen molar-refractivity contribution in [3.05, 3.63) is 42.0 Å². The van der Waals surface area contributed by atoms with E-state index < -0.39 is 0 Å². The van der Waals surface area contributed by atoms with Crippen molar-refractivity contribution in [2.45, 2.75) is 6.42 Å². The summed E-state index contributed by atoms with van der Waals surface area (Å²) in [5, 5.41) is 3.73. The second-order valence-corrected chi connectivity index (χ2v) is 8.64. The lowest BCUT2D eigenvalue weighted by Gasteiger charge is -2.24. The Morgan fingerprint density at radius 1 is 1.00 bits per heavy atom. The number of nitrogens with zero attached hydrogens (tertiary/aromatic N) is 6. The Kier molecular flexibility index (Phi) is 5.09. The van der Waals surface area contributed by atoms with E-state index in [-0.39, 0.29) is 5.91 Å². The molecule has 3 aromatic heterocycles. The molecule has 0 bridgehead atoms. The maximum Gasteiger partial charge on any atom is 0.256 e. The van der Waals surface area contributed by atoms with Gasteiger partial charge in [-0.3, -0.25) is 9.20 Å². The summed E-state index contributed by atoms with van der Waals surface area (Å²) >= 11 is 0. The lowest BCUT2D eigenvalue weighted by atomic mass is 10.1. The minimum Gasteiger partial charge on any atom is -0.376 e. The lowest BCUT2D eigenvalue weighted by Crippen LogP contribution is -2.29. The SMILES string of the molecule is CNC(=O)c1c(N(C)C)c2ccc(N3CCCN(C)CC3)nc2n2c1nc1ccccc12.